The topological polar surface area (TPSA) is 133 Å². The molecule has 382 valence electrons. The van der Waals surface area contributed by atoms with Crippen molar-refractivity contribution in [3.63, 3.8) is 0 Å². The first-order chi connectivity index (χ1) is 33.5. The summed E-state index contributed by atoms with van der Waals surface area (Å²) in [5.74, 6) is 5.98. The molecule has 0 aromatic heterocycles. The van der Waals surface area contributed by atoms with Crippen LogP contribution in [0.2, 0.25) is 0 Å². The second kappa shape index (κ2) is 24.3. The van der Waals surface area contributed by atoms with Crippen molar-refractivity contribution in [1.82, 2.24) is 9.80 Å². The lowest BCUT2D eigenvalue weighted by Gasteiger charge is -2.43. The average Bonchev–Trinajstić information content (AvgIpc) is 4.04. The molecule has 0 bridgehead atoms. The van der Waals surface area contributed by atoms with Gasteiger partial charge >= 0.3 is 11.9 Å². The summed E-state index contributed by atoms with van der Waals surface area (Å²) in [6.07, 6.45) is 1.30. The highest BCUT2D eigenvalue weighted by atomic mass is 32.2. The molecule has 4 aromatic rings. The van der Waals surface area contributed by atoms with E-state index in [4.69, 9.17) is 47.4 Å². The Labute approximate surface area is 430 Å². The Kier molecular flexibility index (Phi) is 19.1. The van der Waals surface area contributed by atoms with Crippen LogP contribution in [0, 0.1) is 0 Å². The molecule has 18 heteroatoms. The van der Waals surface area contributed by atoms with Crippen molar-refractivity contribution in [3.8, 4) is 46.0 Å². The van der Waals surface area contributed by atoms with E-state index in [0.717, 1.165) is 34.1 Å². The summed E-state index contributed by atoms with van der Waals surface area (Å²) in [6, 6.07) is 22.6. The minimum atomic E-state index is -1.41. The summed E-state index contributed by atoms with van der Waals surface area (Å²) in [4.78, 5) is 34.2. The Morgan fingerprint density at radius 2 is 0.743 bits per heavy atom. The molecule has 2 saturated heterocycles. The number of thioether (sulfide) groups is 4. The Balaban J connectivity index is 1.36. The fourth-order valence-corrected chi connectivity index (χ4v) is 14.6. The van der Waals surface area contributed by atoms with Crippen LogP contribution >= 0.6 is 47.0 Å². The highest BCUT2D eigenvalue weighted by Crippen LogP contribution is 2.50. The maximum atomic E-state index is 14.8. The van der Waals surface area contributed by atoms with Gasteiger partial charge in [-0.3, -0.25) is 9.80 Å². The van der Waals surface area contributed by atoms with Crippen LogP contribution in [-0.4, -0.2) is 136 Å². The monoisotopic (exact) mass is 1040 g/mol. The van der Waals surface area contributed by atoms with Crippen molar-refractivity contribution in [2.24, 2.45) is 0 Å². The summed E-state index contributed by atoms with van der Waals surface area (Å²) < 4.78 is 57.4. The van der Waals surface area contributed by atoms with E-state index in [0.29, 0.717) is 83.1 Å². The Hall–Kier alpha value is -4.46. The van der Waals surface area contributed by atoms with Gasteiger partial charge in [0.05, 0.1) is 56.9 Å². The first-order valence-corrected chi connectivity index (χ1v) is 26.9. The van der Waals surface area contributed by atoms with Crippen LogP contribution in [0.1, 0.15) is 49.9 Å². The minimum Gasteiger partial charge on any atom is -0.493 e. The fraction of sp³-hybridized carbons (Fsp3) is 0.500. The number of benzene rings is 4. The third-order valence-corrected chi connectivity index (χ3v) is 19.5. The van der Waals surface area contributed by atoms with Crippen molar-refractivity contribution >= 4 is 59.0 Å². The van der Waals surface area contributed by atoms with Gasteiger partial charge in [0, 0.05) is 60.3 Å². The molecular weight excluding hydrogens is 973 g/mol. The van der Waals surface area contributed by atoms with Crippen LogP contribution in [-0.2, 0) is 43.1 Å². The first kappa shape index (κ1) is 54.9. The van der Waals surface area contributed by atoms with E-state index in [1.54, 1.807) is 81.1 Å². The molecule has 4 aromatic carbocycles. The molecule has 2 fully saturated rings. The van der Waals surface area contributed by atoms with Crippen LogP contribution in [0.4, 0.5) is 0 Å². The van der Waals surface area contributed by atoms with Gasteiger partial charge in [0.2, 0.25) is 0 Å². The highest BCUT2D eigenvalue weighted by molar-refractivity contribution is 8.21. The fourth-order valence-electron chi connectivity index (χ4n) is 8.74. The molecule has 0 radical (unpaired) electrons. The summed E-state index contributed by atoms with van der Waals surface area (Å²) in [7, 11) is 12.7. The number of carbonyl (C=O) groups excluding carboxylic acids is 2. The van der Waals surface area contributed by atoms with E-state index in [1.165, 1.54) is 0 Å². The number of nitrogens with zero attached hydrogens (tertiary/aromatic N) is 2. The Morgan fingerprint density at radius 3 is 1.04 bits per heavy atom. The molecule has 70 heavy (non-hydrogen) atoms. The lowest BCUT2D eigenvalue weighted by molar-refractivity contribution is -0.188. The van der Waals surface area contributed by atoms with Crippen LogP contribution < -0.4 is 37.9 Å². The van der Waals surface area contributed by atoms with Crippen LogP contribution in [0.3, 0.4) is 0 Å². The van der Waals surface area contributed by atoms with Crippen LogP contribution in [0.5, 0.6) is 46.0 Å². The second-order valence-corrected chi connectivity index (χ2v) is 23.8. The zero-order chi connectivity index (χ0) is 50.7. The van der Waals surface area contributed by atoms with Crippen molar-refractivity contribution < 1.29 is 57.0 Å². The predicted molar refractivity (Wildman–Crippen MR) is 282 cm³/mol. The SMILES string of the molecule is COc1ccc(CCN(CC(C)(OC(=O)C(=O)OC(C)(CN(CCc2ccc(OC)c(OC)c2)C2(C)SCCS2)c2ccc(OC)c(OC)c2)c2ccc(OC)c(OC)c2)C2(C)SCCS2)cc1OC. The molecule has 2 heterocycles. The molecular formula is C52H68N2O12S4. The molecule has 0 saturated carbocycles. The minimum absolute atomic E-state index is 0.217. The van der Waals surface area contributed by atoms with E-state index in [-0.39, 0.29) is 21.5 Å². The largest absolute Gasteiger partial charge is 0.493 e. The smallest absolute Gasteiger partial charge is 0.418 e. The molecule has 0 N–H and O–H groups in total. The van der Waals surface area contributed by atoms with E-state index in [2.05, 4.69) is 23.6 Å². The summed E-state index contributed by atoms with van der Waals surface area (Å²) >= 11 is 7.35. The molecule has 2 aliphatic rings. The first-order valence-electron chi connectivity index (χ1n) is 22.9. The summed E-state index contributed by atoms with van der Waals surface area (Å²) in [5, 5.41) is 0. The number of methoxy groups -OCH3 is 8. The van der Waals surface area contributed by atoms with Gasteiger partial charge in [0.15, 0.2) is 46.0 Å². The van der Waals surface area contributed by atoms with Crippen molar-refractivity contribution in [1.29, 1.82) is 0 Å². The maximum Gasteiger partial charge on any atom is 0.418 e. The molecule has 0 aliphatic carbocycles. The van der Waals surface area contributed by atoms with Gasteiger partial charge < -0.3 is 47.4 Å². The molecule has 2 atom stereocenters. The zero-order valence-electron chi connectivity index (χ0n) is 42.4. The van der Waals surface area contributed by atoms with Gasteiger partial charge in [0.25, 0.3) is 0 Å². The third kappa shape index (κ3) is 12.8. The standard InChI is InChI=1S/C52H68N2O12S4/c1-49(37-15-19-41(59-7)45(31-37)63-11,33-53(51(3)67-25-26-68-51)23-21-35-13-17-39(57-5)43(29-35)61-9)65-47(55)48(56)66-50(2,38-16-20-42(60-8)46(32-38)64-12)34-54(52(4)69-27-28-70-52)24-22-36-14-18-40(58-6)44(30-36)62-10/h13-20,29-32H,21-28,33-34H2,1-12H3. The van der Waals surface area contributed by atoms with E-state index >= 15 is 0 Å². The molecule has 6 rings (SSSR count). The summed E-state index contributed by atoms with van der Waals surface area (Å²) in [5.41, 5.74) is 0.481. The van der Waals surface area contributed by atoms with E-state index in [9.17, 15) is 9.59 Å². The maximum absolute atomic E-state index is 14.8. The average molecular weight is 1040 g/mol. The Bertz CT molecular complexity index is 2250. The molecule has 0 amide bonds. The number of ether oxygens (including phenoxy) is 10. The quantitative estimate of drug-likeness (QED) is 0.0487. The molecule has 2 aliphatic heterocycles. The van der Waals surface area contributed by atoms with Crippen LogP contribution in [0.15, 0.2) is 72.8 Å². The molecule has 0 spiro atoms. The van der Waals surface area contributed by atoms with Gasteiger partial charge in [-0.2, -0.15) is 0 Å². The number of esters is 2. The lowest BCUT2D eigenvalue weighted by Crippen LogP contribution is -2.52. The Morgan fingerprint density at radius 1 is 0.457 bits per heavy atom. The number of hydrogen-bond donors (Lipinski definition) is 0. The van der Waals surface area contributed by atoms with E-state index < -0.39 is 23.1 Å². The van der Waals surface area contributed by atoms with Gasteiger partial charge in [-0.1, -0.05) is 24.3 Å². The number of carbonyl (C=O) groups is 2. The van der Waals surface area contributed by atoms with Gasteiger partial charge in [-0.25, -0.2) is 9.59 Å². The van der Waals surface area contributed by atoms with E-state index in [1.807, 2.05) is 109 Å². The third-order valence-electron chi connectivity index (χ3n) is 12.8. The van der Waals surface area contributed by atoms with Gasteiger partial charge in [-0.15, -0.1) is 47.0 Å². The summed E-state index contributed by atoms with van der Waals surface area (Å²) in [6.45, 7) is 9.66. The second-order valence-electron chi connectivity index (χ2n) is 17.3. The lowest BCUT2D eigenvalue weighted by atomic mass is 9.93. The predicted octanol–water partition coefficient (Wildman–Crippen LogP) is 9.37. The van der Waals surface area contributed by atoms with Crippen molar-refractivity contribution in [2.45, 2.75) is 60.1 Å². The number of hydrogen-bond acceptors (Lipinski definition) is 18. The number of rotatable bonds is 24. The van der Waals surface area contributed by atoms with Crippen molar-refractivity contribution in [3.05, 3.63) is 95.1 Å². The molecule has 2 unspecified atom stereocenters. The van der Waals surface area contributed by atoms with Gasteiger partial charge in [-0.05, 0) is 100 Å². The van der Waals surface area contributed by atoms with Crippen LogP contribution in [0.25, 0.3) is 0 Å². The zero-order valence-corrected chi connectivity index (χ0v) is 45.7. The normalized spacial score (nSPS) is 16.7. The highest BCUT2D eigenvalue weighted by Gasteiger charge is 2.47. The van der Waals surface area contributed by atoms with Gasteiger partial charge in [0.1, 0.15) is 19.6 Å². The van der Waals surface area contributed by atoms with Crippen molar-refractivity contribution in [2.75, 3.05) is 106 Å². The molecule has 14 nitrogen and oxygen atoms in total.